The molecule has 1 heterocycles. The maximum Gasteiger partial charge on any atom is 0.0680 e. The molecule has 0 radical (unpaired) electrons. The fourth-order valence-corrected chi connectivity index (χ4v) is 4.41. The highest BCUT2D eigenvalue weighted by atomic mass is 16.5. The molecule has 2 N–H and O–H groups in total. The van der Waals surface area contributed by atoms with Crippen molar-refractivity contribution >= 4 is 0 Å². The number of ether oxygens (including phenoxy) is 1. The maximum atomic E-state index is 6.77. The standard InChI is InChI=1S/C15H29NO/c1-11-7-6-8-15(16,9-11)12-10-13(2,3)17-14(12,4)5/h11-12H,6-10,16H2,1-5H3. The van der Waals surface area contributed by atoms with Crippen LogP contribution in [0.2, 0.25) is 0 Å². The predicted octanol–water partition coefficient (Wildman–Crippen LogP) is 3.49. The van der Waals surface area contributed by atoms with E-state index in [0.717, 1.165) is 12.3 Å². The molecule has 0 aromatic rings. The Morgan fingerprint density at radius 2 is 1.76 bits per heavy atom. The summed E-state index contributed by atoms with van der Waals surface area (Å²) in [6.45, 7) is 11.2. The lowest BCUT2D eigenvalue weighted by atomic mass is 9.64. The van der Waals surface area contributed by atoms with Gasteiger partial charge in [-0.15, -0.1) is 0 Å². The van der Waals surface area contributed by atoms with Crippen LogP contribution in [0.3, 0.4) is 0 Å². The van der Waals surface area contributed by atoms with E-state index in [2.05, 4.69) is 34.6 Å². The summed E-state index contributed by atoms with van der Waals surface area (Å²) in [5, 5.41) is 0. The Kier molecular flexibility index (Phi) is 3.11. The van der Waals surface area contributed by atoms with E-state index in [-0.39, 0.29) is 16.7 Å². The molecule has 2 heteroatoms. The van der Waals surface area contributed by atoms with Gasteiger partial charge in [0.15, 0.2) is 0 Å². The van der Waals surface area contributed by atoms with Crippen LogP contribution in [0.4, 0.5) is 0 Å². The van der Waals surface area contributed by atoms with Crippen LogP contribution in [0.5, 0.6) is 0 Å². The zero-order valence-electron chi connectivity index (χ0n) is 12.2. The SMILES string of the molecule is CC1CCCC(N)(C2CC(C)(C)OC2(C)C)C1. The lowest BCUT2D eigenvalue weighted by Crippen LogP contribution is -2.55. The molecular formula is C15H29NO. The summed E-state index contributed by atoms with van der Waals surface area (Å²) in [6, 6.07) is 0. The topological polar surface area (TPSA) is 35.2 Å². The van der Waals surface area contributed by atoms with Crippen molar-refractivity contribution in [2.75, 3.05) is 0 Å². The molecule has 17 heavy (non-hydrogen) atoms. The van der Waals surface area contributed by atoms with Gasteiger partial charge in [-0.2, -0.15) is 0 Å². The van der Waals surface area contributed by atoms with E-state index in [1.54, 1.807) is 0 Å². The van der Waals surface area contributed by atoms with Crippen LogP contribution in [0.25, 0.3) is 0 Å². The van der Waals surface area contributed by atoms with E-state index in [1.807, 2.05) is 0 Å². The first kappa shape index (κ1) is 13.4. The van der Waals surface area contributed by atoms with Crippen LogP contribution in [0, 0.1) is 11.8 Å². The average molecular weight is 239 g/mol. The van der Waals surface area contributed by atoms with Gasteiger partial charge in [-0.05, 0) is 52.9 Å². The second kappa shape index (κ2) is 3.96. The van der Waals surface area contributed by atoms with Gasteiger partial charge in [-0.3, -0.25) is 0 Å². The molecule has 100 valence electrons. The summed E-state index contributed by atoms with van der Waals surface area (Å²) in [4.78, 5) is 0. The van der Waals surface area contributed by atoms with Crippen LogP contribution >= 0.6 is 0 Å². The van der Waals surface area contributed by atoms with Crippen LogP contribution in [-0.2, 0) is 4.74 Å². The monoisotopic (exact) mass is 239 g/mol. The number of rotatable bonds is 1. The third kappa shape index (κ3) is 2.53. The Morgan fingerprint density at radius 1 is 1.12 bits per heavy atom. The molecule has 1 aliphatic carbocycles. The second-order valence-electron chi connectivity index (χ2n) is 7.66. The largest absolute Gasteiger partial charge is 0.369 e. The fourth-order valence-electron chi connectivity index (χ4n) is 4.41. The van der Waals surface area contributed by atoms with Crippen LogP contribution in [-0.4, -0.2) is 16.7 Å². The van der Waals surface area contributed by atoms with E-state index in [4.69, 9.17) is 10.5 Å². The number of nitrogens with two attached hydrogens (primary N) is 1. The highest BCUT2D eigenvalue weighted by molar-refractivity contribution is 5.07. The van der Waals surface area contributed by atoms with Gasteiger partial charge >= 0.3 is 0 Å². The first-order chi connectivity index (χ1) is 7.65. The normalized spacial score (nSPS) is 44.8. The Hall–Kier alpha value is -0.0800. The molecule has 3 atom stereocenters. The molecule has 0 amide bonds. The Balaban J connectivity index is 2.21. The molecule has 1 saturated heterocycles. The number of hydrogen-bond acceptors (Lipinski definition) is 2. The highest BCUT2D eigenvalue weighted by Gasteiger charge is 2.54. The van der Waals surface area contributed by atoms with Crippen molar-refractivity contribution in [2.45, 2.75) is 83.5 Å². The van der Waals surface area contributed by atoms with Gasteiger partial charge in [0.1, 0.15) is 0 Å². The molecule has 0 aromatic heterocycles. The summed E-state index contributed by atoms with van der Waals surface area (Å²) in [7, 11) is 0. The van der Waals surface area contributed by atoms with Gasteiger partial charge in [-0.25, -0.2) is 0 Å². The van der Waals surface area contributed by atoms with E-state index in [0.29, 0.717) is 5.92 Å². The van der Waals surface area contributed by atoms with Gasteiger partial charge < -0.3 is 10.5 Å². The van der Waals surface area contributed by atoms with Gasteiger partial charge in [0, 0.05) is 11.5 Å². The van der Waals surface area contributed by atoms with Crippen molar-refractivity contribution in [3.63, 3.8) is 0 Å². The van der Waals surface area contributed by atoms with Crippen molar-refractivity contribution < 1.29 is 4.74 Å². The van der Waals surface area contributed by atoms with Crippen LogP contribution < -0.4 is 5.73 Å². The second-order valence-corrected chi connectivity index (χ2v) is 7.66. The third-order valence-electron chi connectivity index (χ3n) is 4.84. The van der Waals surface area contributed by atoms with Crippen LogP contribution in [0.1, 0.15) is 66.7 Å². The molecule has 0 bridgehead atoms. The molecule has 0 aromatic carbocycles. The van der Waals surface area contributed by atoms with Crippen molar-refractivity contribution in [2.24, 2.45) is 17.6 Å². The van der Waals surface area contributed by atoms with Crippen LogP contribution in [0.15, 0.2) is 0 Å². The van der Waals surface area contributed by atoms with E-state index < -0.39 is 0 Å². The van der Waals surface area contributed by atoms with Crippen molar-refractivity contribution in [3.05, 3.63) is 0 Å². The van der Waals surface area contributed by atoms with E-state index >= 15 is 0 Å². The first-order valence-electron chi connectivity index (χ1n) is 7.14. The minimum atomic E-state index is -0.0741. The molecule has 2 rings (SSSR count). The van der Waals surface area contributed by atoms with Crippen molar-refractivity contribution in [1.82, 2.24) is 0 Å². The molecule has 2 nitrogen and oxygen atoms in total. The zero-order valence-corrected chi connectivity index (χ0v) is 12.2. The van der Waals surface area contributed by atoms with Gasteiger partial charge in [0.05, 0.1) is 11.2 Å². The summed E-state index contributed by atoms with van der Waals surface area (Å²) < 4.78 is 6.22. The lowest BCUT2D eigenvalue weighted by molar-refractivity contribution is -0.0849. The smallest absolute Gasteiger partial charge is 0.0680 e. The van der Waals surface area contributed by atoms with Crippen molar-refractivity contribution in [1.29, 1.82) is 0 Å². The fraction of sp³-hybridized carbons (Fsp3) is 1.00. The molecule has 0 spiro atoms. The third-order valence-corrected chi connectivity index (χ3v) is 4.84. The summed E-state index contributed by atoms with van der Waals surface area (Å²) in [6.07, 6.45) is 6.07. The van der Waals surface area contributed by atoms with Crippen molar-refractivity contribution in [3.8, 4) is 0 Å². The molecule has 3 unspecified atom stereocenters. The Bertz CT molecular complexity index is 297. The molecule has 1 aliphatic heterocycles. The average Bonchev–Trinajstić information content (AvgIpc) is 2.34. The predicted molar refractivity (Wildman–Crippen MR) is 71.9 cm³/mol. The zero-order chi connectivity index (χ0) is 12.9. The Morgan fingerprint density at radius 3 is 2.24 bits per heavy atom. The summed E-state index contributed by atoms with van der Waals surface area (Å²) in [5.41, 5.74) is 6.68. The molecule has 2 aliphatic rings. The lowest BCUT2D eigenvalue weighted by Gasteiger charge is -2.45. The minimum absolute atomic E-state index is 0.00502. The van der Waals surface area contributed by atoms with Gasteiger partial charge in [0.25, 0.3) is 0 Å². The Labute approximate surface area is 106 Å². The van der Waals surface area contributed by atoms with E-state index in [9.17, 15) is 0 Å². The quantitative estimate of drug-likeness (QED) is 0.760. The molecule has 1 saturated carbocycles. The van der Waals surface area contributed by atoms with Gasteiger partial charge in [-0.1, -0.05) is 19.8 Å². The molecule has 2 fully saturated rings. The van der Waals surface area contributed by atoms with E-state index in [1.165, 1.54) is 25.7 Å². The first-order valence-corrected chi connectivity index (χ1v) is 7.14. The number of hydrogen-bond donors (Lipinski definition) is 1. The summed E-state index contributed by atoms with van der Waals surface area (Å²) in [5.74, 6) is 1.26. The minimum Gasteiger partial charge on any atom is -0.369 e. The highest BCUT2D eigenvalue weighted by Crippen LogP contribution is 2.50. The maximum absolute atomic E-state index is 6.77. The molecular weight excluding hydrogens is 210 g/mol. The summed E-state index contributed by atoms with van der Waals surface area (Å²) >= 11 is 0. The van der Waals surface area contributed by atoms with Gasteiger partial charge in [0.2, 0.25) is 0 Å².